The Morgan fingerprint density at radius 3 is 2.07 bits per heavy atom. The minimum atomic E-state index is -0.890. The second-order valence-electron chi connectivity index (χ2n) is 9.48. The number of rotatable bonds is 17. The third-order valence-electron chi connectivity index (χ3n) is 6.23. The van der Waals surface area contributed by atoms with Crippen molar-refractivity contribution in [3.63, 3.8) is 0 Å². The number of carbonyl (C=O) groups excluding carboxylic acids is 1. The molecule has 3 unspecified atom stereocenters. The summed E-state index contributed by atoms with van der Waals surface area (Å²) in [6.07, 6.45) is 20.0. The fourth-order valence-corrected chi connectivity index (χ4v) is 4.29. The number of allylic oxidation sites excluding steroid dienone is 1. The van der Waals surface area contributed by atoms with Crippen molar-refractivity contribution in [3.8, 4) is 0 Å². The van der Waals surface area contributed by atoms with Gasteiger partial charge >= 0.3 is 11.9 Å². The predicted octanol–water partition coefficient (Wildman–Crippen LogP) is 7.31. The topological polar surface area (TPSA) is 63.6 Å². The van der Waals surface area contributed by atoms with E-state index in [1.807, 2.05) is 6.08 Å². The number of hydrogen-bond acceptors (Lipinski definition) is 3. The van der Waals surface area contributed by atoms with E-state index < -0.39 is 17.8 Å². The number of aliphatic carboxylic acids is 1. The highest BCUT2D eigenvalue weighted by Gasteiger charge is 2.35. The van der Waals surface area contributed by atoms with Crippen molar-refractivity contribution >= 4 is 11.9 Å². The lowest BCUT2D eigenvalue weighted by Gasteiger charge is -2.26. The molecular weight excluding hydrogens is 376 g/mol. The van der Waals surface area contributed by atoms with Gasteiger partial charge in [-0.25, -0.2) is 0 Å². The average molecular weight is 423 g/mol. The van der Waals surface area contributed by atoms with E-state index in [4.69, 9.17) is 4.74 Å². The fraction of sp³-hybridized carbons (Fsp3) is 0.846. The normalized spacial score (nSPS) is 19.7. The standard InChI is InChI=1S/C26H46O4/c1-4-5-6-7-8-12-17-22(18-13-10-9-11-16-21(2)3)30-26(29)24-20-15-14-19-23(24)25(27)28/h15,20-24H,4-14,16-19H2,1-3H3,(H,27,28). The highest BCUT2D eigenvalue weighted by atomic mass is 16.5. The van der Waals surface area contributed by atoms with Crippen LogP contribution in [-0.4, -0.2) is 23.1 Å². The molecule has 0 saturated heterocycles. The van der Waals surface area contributed by atoms with E-state index in [0.29, 0.717) is 6.42 Å². The van der Waals surface area contributed by atoms with Gasteiger partial charge < -0.3 is 9.84 Å². The van der Waals surface area contributed by atoms with Gasteiger partial charge in [-0.2, -0.15) is 0 Å². The minimum absolute atomic E-state index is 0.0708. The summed E-state index contributed by atoms with van der Waals surface area (Å²) in [6.45, 7) is 6.75. The Hall–Kier alpha value is -1.32. The molecule has 0 fully saturated rings. The van der Waals surface area contributed by atoms with Crippen LogP contribution in [0, 0.1) is 17.8 Å². The molecule has 0 aromatic carbocycles. The van der Waals surface area contributed by atoms with Gasteiger partial charge in [0.15, 0.2) is 0 Å². The van der Waals surface area contributed by atoms with Crippen LogP contribution in [0.5, 0.6) is 0 Å². The van der Waals surface area contributed by atoms with Crippen LogP contribution in [-0.2, 0) is 14.3 Å². The highest BCUT2D eigenvalue weighted by Crippen LogP contribution is 2.28. The average Bonchev–Trinajstić information content (AvgIpc) is 2.72. The van der Waals surface area contributed by atoms with Crippen molar-refractivity contribution in [3.05, 3.63) is 12.2 Å². The van der Waals surface area contributed by atoms with Crippen LogP contribution < -0.4 is 0 Å². The van der Waals surface area contributed by atoms with E-state index in [1.54, 1.807) is 6.08 Å². The van der Waals surface area contributed by atoms with E-state index in [-0.39, 0.29) is 12.1 Å². The molecule has 0 spiro atoms. The lowest BCUT2D eigenvalue weighted by Crippen LogP contribution is -2.33. The van der Waals surface area contributed by atoms with E-state index in [1.165, 1.54) is 57.8 Å². The van der Waals surface area contributed by atoms with Crippen LogP contribution in [0.4, 0.5) is 0 Å². The summed E-state index contributed by atoms with van der Waals surface area (Å²) in [6, 6.07) is 0. The molecule has 1 aliphatic carbocycles. The number of ether oxygens (including phenoxy) is 1. The number of carbonyl (C=O) groups is 2. The molecule has 0 radical (unpaired) electrons. The summed E-state index contributed by atoms with van der Waals surface area (Å²) >= 11 is 0. The van der Waals surface area contributed by atoms with E-state index in [9.17, 15) is 14.7 Å². The molecular formula is C26H46O4. The number of carboxylic acid groups (broad SMARTS) is 1. The first-order valence-electron chi connectivity index (χ1n) is 12.6. The third kappa shape index (κ3) is 11.8. The first kappa shape index (κ1) is 26.7. The van der Waals surface area contributed by atoms with Gasteiger partial charge in [-0.15, -0.1) is 0 Å². The second kappa shape index (κ2) is 16.4. The Bertz CT molecular complexity index is 497. The lowest BCUT2D eigenvalue weighted by molar-refractivity contribution is -0.160. The van der Waals surface area contributed by atoms with Gasteiger partial charge in [-0.3, -0.25) is 9.59 Å². The van der Waals surface area contributed by atoms with Gasteiger partial charge in [-0.1, -0.05) is 90.7 Å². The molecule has 4 heteroatoms. The Morgan fingerprint density at radius 1 is 0.933 bits per heavy atom. The first-order chi connectivity index (χ1) is 14.5. The summed E-state index contributed by atoms with van der Waals surface area (Å²) < 4.78 is 5.89. The summed E-state index contributed by atoms with van der Waals surface area (Å²) in [7, 11) is 0. The van der Waals surface area contributed by atoms with Crippen molar-refractivity contribution in [2.75, 3.05) is 0 Å². The van der Waals surface area contributed by atoms with E-state index in [0.717, 1.165) is 38.0 Å². The van der Waals surface area contributed by atoms with Crippen LogP contribution >= 0.6 is 0 Å². The van der Waals surface area contributed by atoms with Gasteiger partial charge in [0, 0.05) is 0 Å². The van der Waals surface area contributed by atoms with Crippen molar-refractivity contribution in [1.29, 1.82) is 0 Å². The minimum Gasteiger partial charge on any atom is -0.481 e. The summed E-state index contributed by atoms with van der Waals surface area (Å²) in [5.74, 6) is -1.74. The summed E-state index contributed by atoms with van der Waals surface area (Å²) in [4.78, 5) is 24.3. The monoisotopic (exact) mass is 422 g/mol. The fourth-order valence-electron chi connectivity index (χ4n) is 4.29. The molecule has 0 aromatic heterocycles. The van der Waals surface area contributed by atoms with Gasteiger partial charge in [-0.05, 0) is 44.4 Å². The molecule has 4 nitrogen and oxygen atoms in total. The highest BCUT2D eigenvalue weighted by molar-refractivity contribution is 5.83. The van der Waals surface area contributed by atoms with Gasteiger partial charge in [0.05, 0.1) is 11.8 Å². The second-order valence-corrected chi connectivity index (χ2v) is 9.48. The van der Waals surface area contributed by atoms with Crippen molar-refractivity contribution in [2.24, 2.45) is 17.8 Å². The zero-order chi connectivity index (χ0) is 22.2. The molecule has 1 aliphatic rings. The maximum absolute atomic E-state index is 12.8. The molecule has 0 saturated carbocycles. The van der Waals surface area contributed by atoms with E-state index in [2.05, 4.69) is 20.8 Å². The quantitative estimate of drug-likeness (QED) is 0.152. The zero-order valence-corrected chi connectivity index (χ0v) is 19.7. The van der Waals surface area contributed by atoms with Crippen molar-refractivity contribution < 1.29 is 19.4 Å². The molecule has 0 aliphatic heterocycles. The molecule has 0 aromatic rings. The number of unbranched alkanes of at least 4 members (excludes halogenated alkanes) is 8. The SMILES string of the molecule is CCCCCCCCC(CCCCCCC(C)C)OC(=O)C1C=CCCC1C(=O)O. The van der Waals surface area contributed by atoms with Crippen molar-refractivity contribution in [1.82, 2.24) is 0 Å². The van der Waals surface area contributed by atoms with Crippen LogP contribution in [0.25, 0.3) is 0 Å². The maximum atomic E-state index is 12.8. The molecule has 1 N–H and O–H groups in total. The molecule has 30 heavy (non-hydrogen) atoms. The van der Waals surface area contributed by atoms with Crippen LogP contribution in [0.2, 0.25) is 0 Å². The van der Waals surface area contributed by atoms with Crippen molar-refractivity contribution in [2.45, 2.75) is 123 Å². The number of carboxylic acids is 1. The number of hydrogen-bond donors (Lipinski definition) is 1. The van der Waals surface area contributed by atoms with E-state index >= 15 is 0 Å². The summed E-state index contributed by atoms with van der Waals surface area (Å²) in [5.41, 5.74) is 0. The van der Waals surface area contributed by atoms with Crippen LogP contribution in [0.3, 0.4) is 0 Å². The largest absolute Gasteiger partial charge is 0.481 e. The zero-order valence-electron chi connectivity index (χ0n) is 19.7. The molecule has 0 amide bonds. The van der Waals surface area contributed by atoms with Gasteiger partial charge in [0.2, 0.25) is 0 Å². The lowest BCUT2D eigenvalue weighted by atomic mass is 9.84. The molecule has 1 rings (SSSR count). The van der Waals surface area contributed by atoms with Crippen LogP contribution in [0.1, 0.15) is 117 Å². The maximum Gasteiger partial charge on any atom is 0.313 e. The Labute approximate surface area is 184 Å². The van der Waals surface area contributed by atoms with Crippen LogP contribution in [0.15, 0.2) is 12.2 Å². The molecule has 3 atom stereocenters. The predicted molar refractivity (Wildman–Crippen MR) is 123 cm³/mol. The third-order valence-corrected chi connectivity index (χ3v) is 6.23. The molecule has 0 heterocycles. The Morgan fingerprint density at radius 2 is 1.50 bits per heavy atom. The molecule has 174 valence electrons. The van der Waals surface area contributed by atoms with Gasteiger partial charge in [0.25, 0.3) is 0 Å². The van der Waals surface area contributed by atoms with Gasteiger partial charge in [0.1, 0.15) is 6.10 Å². The smallest absolute Gasteiger partial charge is 0.313 e. The first-order valence-corrected chi connectivity index (χ1v) is 12.6. The Balaban J connectivity index is 2.49. The number of esters is 1. The Kier molecular flexibility index (Phi) is 14.6. The summed E-state index contributed by atoms with van der Waals surface area (Å²) in [5, 5.41) is 9.46. The molecule has 0 bridgehead atoms.